The topological polar surface area (TPSA) is 52.6 Å². The Balaban J connectivity index is 1.86. The van der Waals surface area contributed by atoms with E-state index < -0.39 is 5.24 Å². The standard InChI is InChI=1S/C15H17ClO4/c1-19-15(18)11-4-8-13(9-5-11)20-12-6-2-10(3-7-12)14(16)17/h2-3,6-7,11,13H,4-5,8-9H2,1H3/t11-,13+. The van der Waals surface area contributed by atoms with Crippen LogP contribution in [0.25, 0.3) is 0 Å². The summed E-state index contributed by atoms with van der Waals surface area (Å²) < 4.78 is 10.6. The highest BCUT2D eigenvalue weighted by atomic mass is 35.5. The summed E-state index contributed by atoms with van der Waals surface area (Å²) in [4.78, 5) is 22.4. The summed E-state index contributed by atoms with van der Waals surface area (Å²) in [5, 5.41) is -0.477. The van der Waals surface area contributed by atoms with E-state index in [0.29, 0.717) is 11.3 Å². The molecule has 1 saturated carbocycles. The Labute approximate surface area is 123 Å². The van der Waals surface area contributed by atoms with Crippen molar-refractivity contribution < 1.29 is 19.1 Å². The molecular formula is C15H17ClO4. The molecule has 0 aromatic heterocycles. The third-order valence-corrected chi connectivity index (χ3v) is 3.81. The summed E-state index contributed by atoms with van der Waals surface area (Å²) in [6.07, 6.45) is 3.34. The number of benzene rings is 1. The fourth-order valence-corrected chi connectivity index (χ4v) is 2.57. The molecule has 1 aromatic rings. The van der Waals surface area contributed by atoms with Gasteiger partial charge in [0.2, 0.25) is 0 Å². The van der Waals surface area contributed by atoms with E-state index in [2.05, 4.69) is 0 Å². The lowest BCUT2D eigenvalue weighted by atomic mass is 9.87. The van der Waals surface area contributed by atoms with Crippen molar-refractivity contribution in [1.29, 1.82) is 0 Å². The second-order valence-corrected chi connectivity index (χ2v) is 5.26. The number of ether oxygens (including phenoxy) is 2. The average molecular weight is 297 g/mol. The van der Waals surface area contributed by atoms with Crippen molar-refractivity contribution in [3.63, 3.8) is 0 Å². The molecule has 0 atom stereocenters. The van der Waals surface area contributed by atoms with Gasteiger partial charge >= 0.3 is 5.97 Å². The Kier molecular flexibility index (Phi) is 5.01. The summed E-state index contributed by atoms with van der Waals surface area (Å²) in [5.41, 5.74) is 0.452. The van der Waals surface area contributed by atoms with Gasteiger partial charge in [-0.15, -0.1) is 0 Å². The zero-order valence-corrected chi connectivity index (χ0v) is 12.1. The van der Waals surface area contributed by atoms with Crippen LogP contribution in [0.1, 0.15) is 36.0 Å². The highest BCUT2D eigenvalue weighted by Crippen LogP contribution is 2.28. The summed E-state index contributed by atoms with van der Waals surface area (Å²) >= 11 is 5.38. The van der Waals surface area contributed by atoms with E-state index in [-0.39, 0.29) is 18.0 Å². The van der Waals surface area contributed by atoms with Crippen LogP contribution in [0.2, 0.25) is 0 Å². The van der Waals surface area contributed by atoms with Gasteiger partial charge in [-0.1, -0.05) is 0 Å². The van der Waals surface area contributed by atoms with E-state index in [4.69, 9.17) is 21.1 Å². The van der Waals surface area contributed by atoms with Crippen LogP contribution in [0.5, 0.6) is 5.75 Å². The number of methoxy groups -OCH3 is 1. The normalized spacial score (nSPS) is 22.1. The Morgan fingerprint density at radius 1 is 1.10 bits per heavy atom. The molecule has 0 radical (unpaired) electrons. The lowest BCUT2D eigenvalue weighted by molar-refractivity contribution is -0.147. The SMILES string of the molecule is COC(=O)[C@H]1CC[C@@H](Oc2ccc(C(=O)Cl)cc2)CC1. The van der Waals surface area contributed by atoms with Gasteiger partial charge in [0.1, 0.15) is 5.75 Å². The fourth-order valence-electron chi connectivity index (χ4n) is 2.44. The van der Waals surface area contributed by atoms with Crippen LogP contribution in [0, 0.1) is 5.92 Å². The molecule has 20 heavy (non-hydrogen) atoms. The number of hydrogen-bond donors (Lipinski definition) is 0. The molecule has 0 N–H and O–H groups in total. The van der Waals surface area contributed by atoms with E-state index in [9.17, 15) is 9.59 Å². The Morgan fingerprint density at radius 2 is 1.70 bits per heavy atom. The van der Waals surface area contributed by atoms with Crippen LogP contribution in [0.4, 0.5) is 0 Å². The lowest BCUT2D eigenvalue weighted by Gasteiger charge is -2.27. The Hall–Kier alpha value is -1.55. The van der Waals surface area contributed by atoms with Crippen LogP contribution in [-0.4, -0.2) is 24.4 Å². The maximum absolute atomic E-state index is 11.4. The van der Waals surface area contributed by atoms with Gasteiger partial charge in [0.15, 0.2) is 0 Å². The van der Waals surface area contributed by atoms with E-state index in [1.165, 1.54) is 7.11 Å². The van der Waals surface area contributed by atoms with Gasteiger partial charge in [0.25, 0.3) is 5.24 Å². The number of halogens is 1. The van der Waals surface area contributed by atoms with Crippen LogP contribution in [0.3, 0.4) is 0 Å². The second-order valence-electron chi connectivity index (χ2n) is 4.91. The first-order valence-electron chi connectivity index (χ1n) is 6.64. The first kappa shape index (κ1) is 14.9. The lowest BCUT2D eigenvalue weighted by Crippen LogP contribution is -2.28. The van der Waals surface area contributed by atoms with E-state index >= 15 is 0 Å². The van der Waals surface area contributed by atoms with E-state index in [1.54, 1.807) is 24.3 Å². The molecule has 1 aromatic carbocycles. The van der Waals surface area contributed by atoms with Gasteiger partial charge in [-0.2, -0.15) is 0 Å². The molecule has 0 saturated heterocycles. The van der Waals surface area contributed by atoms with Gasteiger partial charge in [0.05, 0.1) is 19.1 Å². The van der Waals surface area contributed by atoms with Crippen LogP contribution < -0.4 is 4.74 Å². The van der Waals surface area contributed by atoms with Crippen molar-refractivity contribution in [2.75, 3.05) is 7.11 Å². The van der Waals surface area contributed by atoms with Crippen molar-refractivity contribution >= 4 is 22.8 Å². The molecule has 108 valence electrons. The first-order chi connectivity index (χ1) is 9.60. The van der Waals surface area contributed by atoms with Crippen molar-refractivity contribution in [2.45, 2.75) is 31.8 Å². The second kappa shape index (κ2) is 6.75. The maximum Gasteiger partial charge on any atom is 0.308 e. The summed E-state index contributed by atoms with van der Waals surface area (Å²) in [6.45, 7) is 0. The predicted molar refractivity (Wildman–Crippen MR) is 75.0 cm³/mol. The van der Waals surface area contributed by atoms with E-state index in [0.717, 1.165) is 25.7 Å². The number of rotatable bonds is 4. The van der Waals surface area contributed by atoms with Crippen LogP contribution in [-0.2, 0) is 9.53 Å². The van der Waals surface area contributed by atoms with Gasteiger partial charge in [-0.25, -0.2) is 0 Å². The molecule has 0 unspecified atom stereocenters. The summed E-state index contributed by atoms with van der Waals surface area (Å²) in [5.74, 6) is 0.581. The molecule has 0 aliphatic heterocycles. The third-order valence-electron chi connectivity index (χ3n) is 3.59. The zero-order chi connectivity index (χ0) is 14.5. The minimum absolute atomic E-state index is 0.00361. The molecule has 1 aliphatic carbocycles. The van der Waals surface area contributed by atoms with E-state index in [1.807, 2.05) is 0 Å². The highest BCUT2D eigenvalue weighted by Gasteiger charge is 2.27. The van der Waals surface area contributed by atoms with Gasteiger partial charge in [-0.3, -0.25) is 9.59 Å². The molecule has 1 fully saturated rings. The van der Waals surface area contributed by atoms with Crippen molar-refractivity contribution in [2.24, 2.45) is 5.92 Å². The average Bonchev–Trinajstić information content (AvgIpc) is 2.48. The molecule has 4 nitrogen and oxygen atoms in total. The molecule has 0 amide bonds. The molecule has 1 aliphatic rings. The number of hydrogen-bond acceptors (Lipinski definition) is 4. The smallest absolute Gasteiger partial charge is 0.308 e. The van der Waals surface area contributed by atoms with Crippen molar-refractivity contribution in [1.82, 2.24) is 0 Å². The summed E-state index contributed by atoms with van der Waals surface area (Å²) in [7, 11) is 1.42. The molecule has 5 heteroatoms. The maximum atomic E-state index is 11.4. The first-order valence-corrected chi connectivity index (χ1v) is 7.02. The molecule has 0 bridgehead atoms. The number of esters is 1. The Morgan fingerprint density at radius 3 is 2.20 bits per heavy atom. The molecular weight excluding hydrogens is 280 g/mol. The Bertz CT molecular complexity index is 475. The molecule has 0 spiro atoms. The minimum Gasteiger partial charge on any atom is -0.490 e. The largest absolute Gasteiger partial charge is 0.490 e. The highest BCUT2D eigenvalue weighted by molar-refractivity contribution is 6.67. The third kappa shape index (κ3) is 3.73. The zero-order valence-electron chi connectivity index (χ0n) is 11.3. The monoisotopic (exact) mass is 296 g/mol. The van der Waals surface area contributed by atoms with Crippen LogP contribution >= 0.6 is 11.6 Å². The van der Waals surface area contributed by atoms with Gasteiger partial charge in [0, 0.05) is 5.56 Å². The predicted octanol–water partition coefficient (Wildman–Crippen LogP) is 3.18. The molecule has 0 heterocycles. The van der Waals surface area contributed by atoms with Crippen molar-refractivity contribution in [3.8, 4) is 5.75 Å². The van der Waals surface area contributed by atoms with Crippen LogP contribution in [0.15, 0.2) is 24.3 Å². The minimum atomic E-state index is -0.477. The quantitative estimate of drug-likeness (QED) is 0.632. The fraction of sp³-hybridized carbons (Fsp3) is 0.467. The van der Waals surface area contributed by atoms with Gasteiger partial charge in [-0.05, 0) is 61.5 Å². The molecule has 2 rings (SSSR count). The number of carbonyl (C=O) groups is 2. The summed E-state index contributed by atoms with van der Waals surface area (Å²) in [6, 6.07) is 6.76. The number of carbonyl (C=O) groups excluding carboxylic acids is 2. The van der Waals surface area contributed by atoms with Crippen molar-refractivity contribution in [3.05, 3.63) is 29.8 Å². The van der Waals surface area contributed by atoms with Gasteiger partial charge < -0.3 is 9.47 Å².